The number of rotatable bonds is 3. The van der Waals surface area contributed by atoms with Gasteiger partial charge in [-0.1, -0.05) is 25.7 Å². The lowest BCUT2D eigenvalue weighted by molar-refractivity contribution is -0.384. The van der Waals surface area contributed by atoms with Gasteiger partial charge in [0.15, 0.2) is 0 Å². The largest absolute Gasteiger partial charge is 0.490 e. The zero-order chi connectivity index (χ0) is 14.9. The van der Waals surface area contributed by atoms with Gasteiger partial charge in [0.1, 0.15) is 11.9 Å². The third kappa shape index (κ3) is 2.62. The van der Waals surface area contributed by atoms with Gasteiger partial charge in [-0.25, -0.2) is 0 Å². The molecule has 3 rings (SSSR count). The third-order valence-corrected chi connectivity index (χ3v) is 5.21. The van der Waals surface area contributed by atoms with Gasteiger partial charge in [-0.05, 0) is 25.0 Å². The fourth-order valence-electron chi connectivity index (χ4n) is 3.83. The van der Waals surface area contributed by atoms with Crippen LogP contribution in [0.4, 0.5) is 5.69 Å². The molecule has 2 saturated carbocycles. The van der Waals surface area contributed by atoms with Crippen molar-refractivity contribution in [2.24, 2.45) is 11.1 Å². The summed E-state index contributed by atoms with van der Waals surface area (Å²) in [5.74, 6) is 0.709. The molecule has 2 atom stereocenters. The molecule has 0 heterocycles. The molecule has 2 aliphatic carbocycles. The van der Waals surface area contributed by atoms with Crippen LogP contribution in [-0.2, 0) is 0 Å². The van der Waals surface area contributed by atoms with Crippen molar-refractivity contribution in [3.05, 3.63) is 34.4 Å². The number of nitrogens with zero attached hydrogens (tertiary/aromatic N) is 1. The first-order valence-corrected chi connectivity index (χ1v) is 7.78. The first-order valence-electron chi connectivity index (χ1n) is 7.78. The summed E-state index contributed by atoms with van der Waals surface area (Å²) in [5.41, 5.74) is 6.51. The van der Waals surface area contributed by atoms with E-state index >= 15 is 0 Å². The van der Waals surface area contributed by atoms with Gasteiger partial charge in [0.25, 0.3) is 5.69 Å². The molecule has 0 amide bonds. The summed E-state index contributed by atoms with van der Waals surface area (Å²) < 4.78 is 6.10. The van der Waals surface area contributed by atoms with Crippen molar-refractivity contribution in [3.63, 3.8) is 0 Å². The zero-order valence-corrected chi connectivity index (χ0v) is 12.2. The molecule has 2 N–H and O–H groups in total. The molecule has 2 fully saturated rings. The Bertz CT molecular complexity index is 507. The molecule has 5 nitrogen and oxygen atoms in total. The highest BCUT2D eigenvalue weighted by Crippen LogP contribution is 2.51. The molecule has 1 spiro atoms. The number of ether oxygens (including phenoxy) is 1. The van der Waals surface area contributed by atoms with Crippen molar-refractivity contribution in [1.82, 2.24) is 0 Å². The lowest BCUT2D eigenvalue weighted by Crippen LogP contribution is -2.63. The van der Waals surface area contributed by atoms with Crippen LogP contribution in [0.1, 0.15) is 44.9 Å². The van der Waals surface area contributed by atoms with Crippen molar-refractivity contribution in [3.8, 4) is 5.75 Å². The molecule has 0 saturated heterocycles. The smallest absolute Gasteiger partial charge is 0.269 e. The van der Waals surface area contributed by atoms with E-state index in [1.807, 2.05) is 0 Å². The SMILES string of the molecule is NC1CC(Oc2ccc([N+](=O)[O-])cc2)C12CCCCCC2. The Hall–Kier alpha value is -1.62. The first-order chi connectivity index (χ1) is 10.1. The highest BCUT2D eigenvalue weighted by molar-refractivity contribution is 5.36. The van der Waals surface area contributed by atoms with Gasteiger partial charge in [0.2, 0.25) is 0 Å². The Balaban J connectivity index is 1.70. The van der Waals surface area contributed by atoms with Crippen LogP contribution in [-0.4, -0.2) is 17.1 Å². The topological polar surface area (TPSA) is 78.4 Å². The standard InChI is InChI=1S/C16H22N2O3/c17-14-11-15(16(14)9-3-1-2-4-10-16)21-13-7-5-12(6-8-13)18(19)20/h5-8,14-15H,1-4,9-11,17H2. The number of nitro benzene ring substituents is 1. The third-order valence-electron chi connectivity index (χ3n) is 5.21. The summed E-state index contributed by atoms with van der Waals surface area (Å²) in [5, 5.41) is 10.7. The van der Waals surface area contributed by atoms with E-state index in [4.69, 9.17) is 10.5 Å². The van der Waals surface area contributed by atoms with Crippen LogP contribution in [0.25, 0.3) is 0 Å². The van der Waals surface area contributed by atoms with Gasteiger partial charge in [0, 0.05) is 30.0 Å². The van der Waals surface area contributed by atoms with E-state index in [2.05, 4.69) is 0 Å². The predicted molar refractivity (Wildman–Crippen MR) is 80.2 cm³/mol. The van der Waals surface area contributed by atoms with E-state index in [9.17, 15) is 10.1 Å². The van der Waals surface area contributed by atoms with E-state index < -0.39 is 4.92 Å². The lowest BCUT2D eigenvalue weighted by atomic mass is 9.58. The predicted octanol–water partition coefficient (Wildman–Crippen LogP) is 3.41. The maximum atomic E-state index is 10.7. The molecule has 0 aliphatic heterocycles. The second kappa shape index (κ2) is 5.64. The number of benzene rings is 1. The molecule has 21 heavy (non-hydrogen) atoms. The van der Waals surface area contributed by atoms with Crippen molar-refractivity contribution in [2.75, 3.05) is 0 Å². The minimum absolute atomic E-state index is 0.0943. The maximum absolute atomic E-state index is 10.7. The molecular formula is C16H22N2O3. The minimum Gasteiger partial charge on any atom is -0.490 e. The minimum atomic E-state index is -0.393. The van der Waals surface area contributed by atoms with Crippen LogP contribution in [0.2, 0.25) is 0 Å². The van der Waals surface area contributed by atoms with Gasteiger partial charge in [-0.15, -0.1) is 0 Å². The molecule has 114 valence electrons. The van der Waals surface area contributed by atoms with Crippen molar-refractivity contribution in [1.29, 1.82) is 0 Å². The van der Waals surface area contributed by atoms with Gasteiger partial charge in [-0.2, -0.15) is 0 Å². The van der Waals surface area contributed by atoms with Crippen molar-refractivity contribution < 1.29 is 9.66 Å². The number of hydrogen-bond donors (Lipinski definition) is 1. The Kier molecular flexibility index (Phi) is 3.85. The highest BCUT2D eigenvalue weighted by atomic mass is 16.6. The Morgan fingerprint density at radius 2 is 1.76 bits per heavy atom. The summed E-state index contributed by atoms with van der Waals surface area (Å²) >= 11 is 0. The Morgan fingerprint density at radius 1 is 1.14 bits per heavy atom. The Labute approximate surface area is 124 Å². The molecular weight excluding hydrogens is 268 g/mol. The van der Waals surface area contributed by atoms with E-state index in [-0.39, 0.29) is 23.2 Å². The van der Waals surface area contributed by atoms with Crippen molar-refractivity contribution >= 4 is 5.69 Å². The van der Waals surface area contributed by atoms with Crippen LogP contribution in [0.3, 0.4) is 0 Å². The summed E-state index contributed by atoms with van der Waals surface area (Å²) in [6.07, 6.45) is 8.38. The van der Waals surface area contributed by atoms with Gasteiger partial charge < -0.3 is 10.5 Å². The van der Waals surface area contributed by atoms with Gasteiger partial charge in [-0.3, -0.25) is 10.1 Å². The second-order valence-corrected chi connectivity index (χ2v) is 6.35. The first kappa shape index (κ1) is 14.3. The Morgan fingerprint density at radius 3 is 2.29 bits per heavy atom. The molecule has 0 aromatic heterocycles. The van der Waals surface area contributed by atoms with Crippen LogP contribution in [0, 0.1) is 15.5 Å². The average molecular weight is 290 g/mol. The number of nitrogens with two attached hydrogens (primary N) is 1. The van der Waals surface area contributed by atoms with Crippen LogP contribution in [0.5, 0.6) is 5.75 Å². The summed E-state index contributed by atoms with van der Waals surface area (Å²) in [6, 6.07) is 6.60. The monoisotopic (exact) mass is 290 g/mol. The molecule has 1 aromatic rings. The molecule has 0 radical (unpaired) electrons. The summed E-state index contributed by atoms with van der Waals surface area (Å²) in [6.45, 7) is 0. The van der Waals surface area contributed by atoms with Crippen LogP contribution < -0.4 is 10.5 Å². The number of nitro groups is 1. The van der Waals surface area contributed by atoms with Crippen LogP contribution in [0.15, 0.2) is 24.3 Å². The fraction of sp³-hybridized carbons (Fsp3) is 0.625. The maximum Gasteiger partial charge on any atom is 0.269 e. The summed E-state index contributed by atoms with van der Waals surface area (Å²) in [7, 11) is 0. The molecule has 5 heteroatoms. The quantitative estimate of drug-likeness (QED) is 0.683. The fourth-order valence-corrected chi connectivity index (χ4v) is 3.83. The van der Waals surface area contributed by atoms with Gasteiger partial charge in [0.05, 0.1) is 4.92 Å². The lowest BCUT2D eigenvalue weighted by Gasteiger charge is -2.54. The van der Waals surface area contributed by atoms with E-state index in [1.54, 1.807) is 12.1 Å². The van der Waals surface area contributed by atoms with Crippen molar-refractivity contribution in [2.45, 2.75) is 57.1 Å². The van der Waals surface area contributed by atoms with E-state index in [0.717, 1.165) is 19.3 Å². The zero-order valence-electron chi connectivity index (χ0n) is 12.2. The van der Waals surface area contributed by atoms with E-state index in [1.165, 1.54) is 37.8 Å². The molecule has 0 bridgehead atoms. The second-order valence-electron chi connectivity index (χ2n) is 6.35. The van der Waals surface area contributed by atoms with Crippen LogP contribution >= 0.6 is 0 Å². The molecule has 2 unspecified atom stereocenters. The molecule has 1 aromatic carbocycles. The highest BCUT2D eigenvalue weighted by Gasteiger charge is 2.54. The average Bonchev–Trinajstić information content (AvgIpc) is 2.75. The number of non-ortho nitro benzene ring substituents is 1. The number of hydrogen-bond acceptors (Lipinski definition) is 4. The van der Waals surface area contributed by atoms with E-state index in [0.29, 0.717) is 5.75 Å². The molecule has 2 aliphatic rings. The van der Waals surface area contributed by atoms with Gasteiger partial charge >= 0.3 is 0 Å². The normalized spacial score (nSPS) is 27.7. The summed E-state index contributed by atoms with van der Waals surface area (Å²) in [4.78, 5) is 10.3.